The maximum Gasteiger partial charge on any atom is 0.0726 e. The maximum atomic E-state index is 2.55. The van der Waals surface area contributed by atoms with Gasteiger partial charge < -0.3 is 18.9 Å². The van der Waals surface area contributed by atoms with Crippen LogP contribution in [0.3, 0.4) is 0 Å². The lowest BCUT2D eigenvalue weighted by molar-refractivity contribution is 0.660. The van der Waals surface area contributed by atoms with Gasteiger partial charge in [0.2, 0.25) is 0 Å². The van der Waals surface area contributed by atoms with E-state index < -0.39 is 5.41 Å². The first-order valence-corrected chi connectivity index (χ1v) is 45.9. The summed E-state index contributed by atoms with van der Waals surface area (Å²) in [6.07, 6.45) is 0. The molecule has 4 nitrogen and oxygen atoms in total. The summed E-state index contributed by atoms with van der Waals surface area (Å²) < 4.78 is 4.78. The smallest absolute Gasteiger partial charge is 0.0726 e. The van der Waals surface area contributed by atoms with Crippen LogP contribution >= 0.6 is 0 Å². The van der Waals surface area contributed by atoms with Crippen molar-refractivity contribution in [1.29, 1.82) is 0 Å². The number of anilines is 6. The molecule has 1 spiro atoms. The number of rotatable bonds is 12. The quantitative estimate of drug-likeness (QED) is 0.113. The van der Waals surface area contributed by atoms with Crippen LogP contribution in [-0.4, -0.2) is 9.13 Å². The van der Waals surface area contributed by atoms with Gasteiger partial charge in [-0.25, -0.2) is 0 Å². The summed E-state index contributed by atoms with van der Waals surface area (Å²) in [7, 11) is 0. The summed E-state index contributed by atoms with van der Waals surface area (Å²) in [4.78, 5) is 4.88. The molecule has 2 aromatic heterocycles. The molecule has 0 unspecified atom stereocenters. The van der Waals surface area contributed by atoms with E-state index in [-0.39, 0.29) is 5.41 Å². The lowest BCUT2D eigenvalue weighted by Gasteiger charge is -2.32. The van der Waals surface area contributed by atoms with Crippen LogP contribution in [-0.2, 0) is 10.8 Å². The van der Waals surface area contributed by atoms with Gasteiger partial charge in [-0.2, -0.15) is 0 Å². The van der Waals surface area contributed by atoms with Crippen LogP contribution in [0.1, 0.15) is 47.2 Å². The summed E-state index contributed by atoms with van der Waals surface area (Å²) >= 11 is 0. The van der Waals surface area contributed by atoms with Crippen molar-refractivity contribution in [2.45, 2.75) is 24.7 Å². The molecule has 27 rings (SSSR count). The third-order valence-electron chi connectivity index (χ3n) is 28.7. The van der Waals surface area contributed by atoms with Gasteiger partial charge in [-0.15, -0.1) is 0 Å². The zero-order chi connectivity index (χ0) is 87.3. The molecule has 618 valence electrons. The molecule has 3 aliphatic rings. The summed E-state index contributed by atoms with van der Waals surface area (Å²) in [6, 6.07) is 180. The van der Waals surface area contributed by atoms with Gasteiger partial charge >= 0.3 is 0 Å². The maximum absolute atomic E-state index is 2.55. The summed E-state index contributed by atoms with van der Waals surface area (Å²) in [5.41, 5.74) is 38.8. The van der Waals surface area contributed by atoms with Crippen LogP contribution in [0.2, 0.25) is 0 Å². The van der Waals surface area contributed by atoms with E-state index in [2.05, 4.69) is 518 Å². The van der Waals surface area contributed by atoms with Gasteiger partial charge in [-0.05, 0) is 288 Å². The van der Waals surface area contributed by atoms with Gasteiger partial charge in [0.25, 0.3) is 0 Å². The largest absolute Gasteiger partial charge is 0.310 e. The monoisotopic (exact) mass is 1680 g/mol. The minimum Gasteiger partial charge on any atom is -0.310 e. The number of hydrogen-bond acceptors (Lipinski definition) is 2. The molecule has 0 aliphatic heterocycles. The van der Waals surface area contributed by atoms with Gasteiger partial charge in [0, 0.05) is 72.5 Å². The standard InChI is InChI=1S/C69H44N2.C59H42N2/c1-4-20-45(21-5-1)67-56-29-10-12-31-58(56)68(59-32-13-11-30-57(59)67)46-36-39-53-54-40-37-50(44-64(54)69(63(53)42-46)61-33-17-14-26-51(61)52-27-15-18-34-62(52)69)70(47-22-6-2-7-23-47)49-38-41-66-60(43-49)55-28-16-19-35-65(55)71(66)48-24-8-3-9-25-48;1-59(2)53-36-40(58-50-27-14-12-25-48(50)57(39-18-6-3-7-19-39)49-26-13-15-28-51(49)58)30-33-45(53)46-34-31-44(38-54(46)59)60(41-20-8-4-9-21-41)43-32-35-56-52(37-43)47-24-16-17-29-55(47)61(56)42-22-10-5-11-23-42/h1-44H;3-38H,1-2H3. The zero-order valence-corrected chi connectivity index (χ0v) is 73.0. The molecule has 2 heterocycles. The van der Waals surface area contributed by atoms with Gasteiger partial charge in [-0.3, -0.25) is 0 Å². The van der Waals surface area contributed by atoms with Crippen LogP contribution in [0.5, 0.6) is 0 Å². The van der Waals surface area contributed by atoms with E-state index in [4.69, 9.17) is 0 Å². The van der Waals surface area contributed by atoms with E-state index in [1.165, 1.54) is 198 Å². The molecule has 0 saturated carbocycles. The zero-order valence-electron chi connectivity index (χ0n) is 73.0. The van der Waals surface area contributed by atoms with Gasteiger partial charge in [0.1, 0.15) is 0 Å². The fourth-order valence-corrected chi connectivity index (χ4v) is 23.1. The third-order valence-corrected chi connectivity index (χ3v) is 28.7. The first-order chi connectivity index (χ1) is 65.3. The van der Waals surface area contributed by atoms with Gasteiger partial charge in [0.05, 0.1) is 27.5 Å². The Kier molecular flexibility index (Phi) is 17.6. The van der Waals surface area contributed by atoms with Crippen molar-refractivity contribution >= 4 is 121 Å². The molecule has 0 saturated heterocycles. The predicted molar refractivity (Wildman–Crippen MR) is 557 cm³/mol. The second kappa shape index (κ2) is 30.4. The molecule has 3 aliphatic carbocycles. The fourth-order valence-electron chi connectivity index (χ4n) is 23.1. The molecule has 0 fully saturated rings. The second-order valence-corrected chi connectivity index (χ2v) is 36.0. The van der Waals surface area contributed by atoms with Crippen molar-refractivity contribution in [3.63, 3.8) is 0 Å². The SMILES string of the molecule is CC1(C)c2cc(-c3c4ccccc4c(-c4ccccc4)c4ccccc34)ccc2-c2ccc(N(c3ccccc3)c3ccc4c(c3)c3ccccc3n4-c3ccccc3)cc21.c1ccc(-c2c3ccccc3c(-c3ccc4c(c3)C3(c5ccccc5-c5ccccc53)c3cc(N(c5ccccc5)c5ccc6c(c5)c5ccccc5n6-c5ccccc5)ccc3-4)c3ccccc23)cc1. The van der Waals surface area contributed by atoms with E-state index in [0.29, 0.717) is 0 Å². The number of hydrogen-bond donors (Lipinski definition) is 0. The average Bonchev–Trinajstić information content (AvgIpc) is 1.51. The van der Waals surface area contributed by atoms with Gasteiger partial charge in [-0.1, -0.05) is 366 Å². The van der Waals surface area contributed by atoms with Crippen LogP contribution < -0.4 is 9.80 Å². The Hall–Kier alpha value is -16.9. The molecule has 22 aromatic carbocycles. The Balaban J connectivity index is 0.000000140. The molecule has 0 radical (unpaired) electrons. The first kappa shape index (κ1) is 76.3. The Morgan fingerprint density at radius 1 is 0.167 bits per heavy atom. The van der Waals surface area contributed by atoms with E-state index in [9.17, 15) is 0 Å². The van der Waals surface area contributed by atoms with Crippen LogP contribution in [0, 0.1) is 0 Å². The van der Waals surface area contributed by atoms with Crippen molar-refractivity contribution in [3.05, 3.63) is 519 Å². The molecule has 0 amide bonds. The lowest BCUT2D eigenvalue weighted by atomic mass is 9.70. The van der Waals surface area contributed by atoms with Crippen molar-refractivity contribution < 1.29 is 0 Å². The molecular formula is C128H86N4. The molecule has 132 heavy (non-hydrogen) atoms. The fraction of sp³-hybridized carbons (Fsp3) is 0.0312. The Morgan fingerprint density at radius 3 is 0.818 bits per heavy atom. The molecule has 24 aromatic rings. The molecule has 0 bridgehead atoms. The van der Waals surface area contributed by atoms with E-state index >= 15 is 0 Å². The van der Waals surface area contributed by atoms with E-state index in [1.807, 2.05) is 0 Å². The number of nitrogens with zero attached hydrogens (tertiary/aromatic N) is 4. The van der Waals surface area contributed by atoms with Crippen molar-refractivity contribution in [2.75, 3.05) is 9.80 Å². The molecular weight excluding hydrogens is 1590 g/mol. The minimum absolute atomic E-state index is 0.234. The Bertz CT molecular complexity index is 8630. The van der Waals surface area contributed by atoms with Crippen LogP contribution in [0.4, 0.5) is 34.1 Å². The second-order valence-electron chi connectivity index (χ2n) is 36.0. The third kappa shape index (κ3) is 11.7. The van der Waals surface area contributed by atoms with Crippen molar-refractivity contribution in [1.82, 2.24) is 9.13 Å². The highest BCUT2D eigenvalue weighted by molar-refractivity contribution is 6.24. The van der Waals surface area contributed by atoms with Gasteiger partial charge in [0.15, 0.2) is 0 Å². The summed E-state index contributed by atoms with van der Waals surface area (Å²) in [6.45, 7) is 4.80. The Labute approximate surface area is 767 Å². The number of benzene rings is 22. The van der Waals surface area contributed by atoms with Crippen molar-refractivity contribution in [2.24, 2.45) is 0 Å². The van der Waals surface area contributed by atoms with Crippen molar-refractivity contribution in [3.8, 4) is 89.3 Å². The number of fused-ring (bicyclic) bond motifs is 23. The van der Waals surface area contributed by atoms with Crippen LogP contribution in [0.15, 0.2) is 485 Å². The van der Waals surface area contributed by atoms with E-state index in [0.717, 1.165) is 45.5 Å². The topological polar surface area (TPSA) is 16.3 Å². The van der Waals surface area contributed by atoms with Crippen LogP contribution in [0.25, 0.3) is 176 Å². The summed E-state index contributed by atoms with van der Waals surface area (Å²) in [5.74, 6) is 0. The Morgan fingerprint density at radius 2 is 0.424 bits per heavy atom. The number of para-hydroxylation sites is 6. The molecule has 0 N–H and O–H groups in total. The summed E-state index contributed by atoms with van der Waals surface area (Å²) in [5, 5.41) is 15.1. The van der Waals surface area contributed by atoms with E-state index in [1.54, 1.807) is 0 Å². The minimum atomic E-state index is -0.575. The highest BCUT2D eigenvalue weighted by atomic mass is 15.2. The number of aromatic nitrogens is 2. The highest BCUT2D eigenvalue weighted by Crippen LogP contribution is 2.65. The first-order valence-electron chi connectivity index (χ1n) is 45.9. The average molecular weight is 1680 g/mol. The highest BCUT2D eigenvalue weighted by Gasteiger charge is 2.52. The molecule has 4 heteroatoms. The molecule has 0 atom stereocenters. The lowest BCUT2D eigenvalue weighted by Crippen LogP contribution is -2.26. The predicted octanol–water partition coefficient (Wildman–Crippen LogP) is 34.4. The normalized spacial score (nSPS) is 12.9.